The summed E-state index contributed by atoms with van der Waals surface area (Å²) in [6.45, 7) is 15.3. The highest BCUT2D eigenvalue weighted by Gasteiger charge is 2.54. The fraction of sp³-hybridized carbons (Fsp3) is 0.548. The maximum atomic E-state index is 13.3. The topological polar surface area (TPSA) is 73.0 Å². The number of aliphatic hydroxyl groups excluding tert-OH is 1. The number of rotatable bonds is 8. The Morgan fingerprint density at radius 1 is 0.907 bits per heavy atom. The zero-order valence-corrected chi connectivity index (χ0v) is 34.4. The van der Waals surface area contributed by atoms with Crippen LogP contribution >= 0.6 is 36.6 Å². The molecule has 6 nitrogen and oxygen atoms in total. The second-order valence-corrected chi connectivity index (χ2v) is 17.0. The second-order valence-electron chi connectivity index (χ2n) is 15.9. The number of nitrogens with zero attached hydrogens (tertiary/aromatic N) is 3. The van der Waals surface area contributed by atoms with Crippen LogP contribution in [0.3, 0.4) is 0 Å². The fourth-order valence-electron chi connectivity index (χ4n) is 9.24. The van der Waals surface area contributed by atoms with Gasteiger partial charge in [-0.15, -0.1) is 24.8 Å². The lowest BCUT2D eigenvalue weighted by Crippen LogP contribution is -2.54. The van der Waals surface area contributed by atoms with E-state index in [0.717, 1.165) is 80.3 Å². The van der Waals surface area contributed by atoms with E-state index >= 15 is 0 Å². The summed E-state index contributed by atoms with van der Waals surface area (Å²) in [7, 11) is 0. The van der Waals surface area contributed by atoms with Gasteiger partial charge in [0.25, 0.3) is 0 Å². The lowest BCUT2D eigenvalue weighted by atomic mass is 9.49. The number of piperazine rings is 1. The zero-order chi connectivity index (χ0) is 37.3. The molecule has 2 aliphatic heterocycles. The summed E-state index contributed by atoms with van der Waals surface area (Å²) in [6.07, 6.45) is 1.91. The van der Waals surface area contributed by atoms with E-state index in [2.05, 4.69) is 55.7 Å². The summed E-state index contributed by atoms with van der Waals surface area (Å²) >= 11 is 1.53. The Balaban J connectivity index is 0.000000242. The number of hydrogen-bond donors (Lipinski definition) is 2. The third kappa shape index (κ3) is 9.21. The van der Waals surface area contributed by atoms with Crippen LogP contribution in [0.5, 0.6) is 0 Å². The van der Waals surface area contributed by atoms with Gasteiger partial charge in [0.15, 0.2) is 0 Å². The Bertz CT molecular complexity index is 1740. The van der Waals surface area contributed by atoms with E-state index in [-0.39, 0.29) is 48.2 Å². The van der Waals surface area contributed by atoms with Gasteiger partial charge in [0.05, 0.1) is 23.5 Å². The average molecular weight is 810 g/mol. The molecule has 3 aromatic carbocycles. The SMILES string of the molecule is CC(C)c1ccc2c(c1)CCC1C(C)(C(N)=O)CCCC21C.Cl.Cl.OCCN1CCN(CCCN2c3ccccc3Sc3ccc(C(F)(F)F)cc32)CC1. The number of nitrogens with two attached hydrogens (primary N) is 1. The van der Waals surface area contributed by atoms with Crippen LogP contribution in [0, 0.1) is 11.3 Å². The Hall–Kier alpha value is -2.47. The molecule has 12 heteroatoms. The minimum atomic E-state index is -4.35. The monoisotopic (exact) mass is 808 g/mol. The number of aliphatic hydroxyl groups is 1. The van der Waals surface area contributed by atoms with Crippen molar-refractivity contribution in [3.63, 3.8) is 0 Å². The van der Waals surface area contributed by atoms with Gasteiger partial charge in [0.1, 0.15) is 0 Å². The molecule has 2 aliphatic carbocycles. The van der Waals surface area contributed by atoms with Gasteiger partial charge in [0.2, 0.25) is 5.91 Å². The number of carbonyl (C=O) groups is 1. The van der Waals surface area contributed by atoms with Crippen LogP contribution in [0.4, 0.5) is 24.5 Å². The highest BCUT2D eigenvalue weighted by atomic mass is 35.5. The molecule has 1 amide bonds. The Labute approximate surface area is 336 Å². The first-order valence-electron chi connectivity index (χ1n) is 19.0. The van der Waals surface area contributed by atoms with Crippen LogP contribution < -0.4 is 10.6 Å². The molecule has 0 aromatic heterocycles. The summed E-state index contributed by atoms with van der Waals surface area (Å²) < 4.78 is 39.9. The fourth-order valence-corrected chi connectivity index (χ4v) is 10.3. The molecular weight excluding hydrogens is 752 g/mol. The molecule has 4 aliphatic rings. The summed E-state index contributed by atoms with van der Waals surface area (Å²) in [6, 6.07) is 19.0. The van der Waals surface area contributed by atoms with Crippen LogP contribution in [0.15, 0.2) is 70.5 Å². The summed E-state index contributed by atoms with van der Waals surface area (Å²) in [5, 5.41) is 9.07. The van der Waals surface area contributed by atoms with E-state index in [1.54, 1.807) is 6.07 Å². The van der Waals surface area contributed by atoms with E-state index in [4.69, 9.17) is 10.8 Å². The molecule has 3 N–H and O–H groups in total. The molecular formula is C42H57Cl2F3N4O2S. The molecule has 0 bridgehead atoms. The molecule has 3 aromatic rings. The normalized spacial score (nSPS) is 23.7. The van der Waals surface area contributed by atoms with Gasteiger partial charge in [-0.2, -0.15) is 13.2 Å². The lowest BCUT2D eigenvalue weighted by Gasteiger charge is -2.54. The van der Waals surface area contributed by atoms with Gasteiger partial charge in [-0.1, -0.05) is 76.2 Å². The first-order chi connectivity index (χ1) is 24.7. The minimum Gasteiger partial charge on any atom is -0.395 e. The van der Waals surface area contributed by atoms with Crippen molar-refractivity contribution in [2.75, 3.05) is 57.3 Å². The molecule has 3 unspecified atom stereocenters. The molecule has 2 fully saturated rings. The first-order valence-corrected chi connectivity index (χ1v) is 19.8. The van der Waals surface area contributed by atoms with E-state index in [0.29, 0.717) is 30.6 Å². The first kappa shape index (κ1) is 44.2. The number of fused-ring (bicyclic) bond motifs is 5. The third-order valence-corrected chi connectivity index (χ3v) is 13.4. The van der Waals surface area contributed by atoms with Crippen molar-refractivity contribution >= 4 is 53.9 Å². The largest absolute Gasteiger partial charge is 0.416 e. The van der Waals surface area contributed by atoms with Gasteiger partial charge in [-0.25, -0.2) is 0 Å². The highest BCUT2D eigenvalue weighted by molar-refractivity contribution is 7.99. The van der Waals surface area contributed by atoms with Gasteiger partial charge in [-0.05, 0) is 103 Å². The predicted octanol–water partition coefficient (Wildman–Crippen LogP) is 9.46. The molecule has 1 saturated carbocycles. The maximum absolute atomic E-state index is 13.3. The Morgan fingerprint density at radius 3 is 2.22 bits per heavy atom. The van der Waals surface area contributed by atoms with Gasteiger partial charge >= 0.3 is 6.18 Å². The van der Waals surface area contributed by atoms with Crippen LogP contribution in [0.25, 0.3) is 0 Å². The molecule has 54 heavy (non-hydrogen) atoms. The van der Waals surface area contributed by atoms with E-state index in [1.807, 2.05) is 29.2 Å². The van der Waals surface area contributed by atoms with Gasteiger partial charge < -0.3 is 20.6 Å². The summed E-state index contributed by atoms with van der Waals surface area (Å²) in [5.41, 5.74) is 11.0. The summed E-state index contributed by atoms with van der Waals surface area (Å²) in [4.78, 5) is 20.8. The number of benzene rings is 3. The average Bonchev–Trinajstić information content (AvgIpc) is 3.11. The molecule has 0 radical (unpaired) electrons. The number of amides is 1. The van der Waals surface area contributed by atoms with Crippen LogP contribution in [-0.4, -0.2) is 73.2 Å². The number of primary amides is 1. The van der Waals surface area contributed by atoms with Crippen LogP contribution in [0.2, 0.25) is 0 Å². The maximum Gasteiger partial charge on any atom is 0.416 e. The summed E-state index contributed by atoms with van der Waals surface area (Å²) in [5.74, 6) is 0.840. The number of aryl methyl sites for hydroxylation is 1. The van der Waals surface area contributed by atoms with Crippen molar-refractivity contribution in [1.29, 1.82) is 0 Å². The standard InChI is InChI=1S/C22H26F3N3OS.C20H29NO.2ClH/c23-22(24,25)17-6-7-21-19(16-17)28(18-4-1-2-5-20(18)30-21)9-3-8-26-10-12-27(13-11-26)14-15-29;1-13(2)14-6-8-16-15(12-14)7-9-17-19(16,3)10-5-11-20(17,4)18(21)22;;/h1-2,4-7,16,29H,3,8-15H2;6,8,12-13,17H,5,7,9-11H2,1-4H3,(H2,21,22);2*1H. The zero-order valence-electron chi connectivity index (χ0n) is 32.0. The number of anilines is 2. The van der Waals surface area contributed by atoms with E-state index in [9.17, 15) is 18.0 Å². The number of carbonyl (C=O) groups excluding carboxylic acids is 1. The molecule has 0 spiro atoms. The van der Waals surface area contributed by atoms with Crippen molar-refractivity contribution in [2.45, 2.75) is 93.5 Å². The van der Waals surface area contributed by atoms with Crippen LogP contribution in [-0.2, 0) is 22.8 Å². The molecule has 298 valence electrons. The highest BCUT2D eigenvalue weighted by Crippen LogP contribution is 2.57. The third-order valence-electron chi connectivity index (χ3n) is 12.3. The Kier molecular flexibility index (Phi) is 14.9. The Morgan fingerprint density at radius 2 is 1.57 bits per heavy atom. The molecule has 7 rings (SSSR count). The smallest absolute Gasteiger partial charge is 0.395 e. The van der Waals surface area contributed by atoms with Crippen molar-refractivity contribution in [1.82, 2.24) is 9.80 Å². The van der Waals surface area contributed by atoms with Crippen LogP contribution in [0.1, 0.15) is 88.0 Å². The second kappa shape index (κ2) is 18.2. The number of alkyl halides is 3. The lowest BCUT2D eigenvalue weighted by molar-refractivity contribution is -0.137. The van der Waals surface area contributed by atoms with E-state index < -0.39 is 11.7 Å². The van der Waals surface area contributed by atoms with Gasteiger partial charge in [-0.3, -0.25) is 9.69 Å². The number of para-hydroxylation sites is 1. The number of hydrogen-bond acceptors (Lipinski definition) is 6. The van der Waals surface area contributed by atoms with E-state index in [1.165, 1.54) is 47.0 Å². The molecule has 2 heterocycles. The predicted molar refractivity (Wildman–Crippen MR) is 219 cm³/mol. The van der Waals surface area contributed by atoms with Crippen molar-refractivity contribution in [2.24, 2.45) is 17.1 Å². The quantitative estimate of drug-likeness (QED) is 0.236. The molecule has 1 saturated heterocycles. The number of β-amino-alcohol motifs (C(OH)–C–C–N with tert-alkyl or cyclic N) is 1. The molecule has 3 atom stereocenters. The van der Waals surface area contributed by atoms with Crippen molar-refractivity contribution in [3.05, 3.63) is 82.9 Å². The van der Waals surface area contributed by atoms with Crippen molar-refractivity contribution < 1.29 is 23.1 Å². The van der Waals surface area contributed by atoms with Gasteiger partial charge in [0, 0.05) is 54.5 Å². The minimum absolute atomic E-state index is 0. The number of halogens is 5. The van der Waals surface area contributed by atoms with Crippen molar-refractivity contribution in [3.8, 4) is 0 Å².